The zero-order valence-corrected chi connectivity index (χ0v) is 14.7. The number of aromatic nitrogens is 3. The van der Waals surface area contributed by atoms with Gasteiger partial charge in [-0.05, 0) is 48.5 Å². The van der Waals surface area contributed by atoms with E-state index in [1.165, 1.54) is 23.1 Å². The fourth-order valence-electron chi connectivity index (χ4n) is 2.37. The second-order valence-electron chi connectivity index (χ2n) is 5.77. The minimum absolute atomic E-state index is 0.216. The molecule has 0 aliphatic heterocycles. The van der Waals surface area contributed by atoms with Gasteiger partial charge in [-0.25, -0.2) is 4.98 Å². The van der Waals surface area contributed by atoms with Crippen molar-refractivity contribution in [2.75, 3.05) is 5.32 Å². The molecule has 9 heteroatoms. The third-order valence-electron chi connectivity index (χ3n) is 3.68. The lowest BCUT2D eigenvalue weighted by Gasteiger charge is -2.12. The highest BCUT2D eigenvalue weighted by molar-refractivity contribution is 5.99. The molecule has 2 aromatic carbocycles. The third-order valence-corrected chi connectivity index (χ3v) is 3.68. The molecule has 3 rings (SSSR count). The molecule has 0 bridgehead atoms. The molecular formula is C19H15F3N4O2. The second-order valence-corrected chi connectivity index (χ2v) is 5.77. The van der Waals surface area contributed by atoms with Gasteiger partial charge in [0.15, 0.2) is 5.82 Å². The Labute approximate surface area is 158 Å². The number of halogens is 3. The number of carbonyl (C=O) groups is 1. The van der Waals surface area contributed by atoms with E-state index in [0.29, 0.717) is 22.8 Å². The molecule has 1 heterocycles. The molecule has 6 nitrogen and oxygen atoms in total. The summed E-state index contributed by atoms with van der Waals surface area (Å²) in [6.45, 7) is 3.39. The van der Waals surface area contributed by atoms with Crippen LogP contribution in [0.15, 0.2) is 61.4 Å². The molecule has 0 spiro atoms. The Kier molecular flexibility index (Phi) is 5.16. The fraction of sp³-hybridized carbons (Fsp3) is 0.105. The molecule has 1 N–H and O–H groups in total. The van der Waals surface area contributed by atoms with Crippen LogP contribution >= 0.6 is 0 Å². The summed E-state index contributed by atoms with van der Waals surface area (Å²) in [4.78, 5) is 15.7. The number of benzene rings is 2. The van der Waals surface area contributed by atoms with Crippen LogP contribution in [0.4, 0.5) is 18.9 Å². The maximum atomic E-state index is 12.7. The first kappa shape index (κ1) is 19.2. The van der Waals surface area contributed by atoms with Crippen molar-refractivity contribution >= 4 is 11.6 Å². The van der Waals surface area contributed by atoms with Crippen molar-refractivity contribution in [2.24, 2.45) is 7.05 Å². The number of nitrogens with zero attached hydrogens (tertiary/aromatic N) is 3. The van der Waals surface area contributed by atoms with Crippen LogP contribution in [0.5, 0.6) is 11.5 Å². The molecule has 0 unspecified atom stereocenters. The largest absolute Gasteiger partial charge is 0.457 e. The van der Waals surface area contributed by atoms with Gasteiger partial charge < -0.3 is 10.1 Å². The van der Waals surface area contributed by atoms with E-state index in [9.17, 15) is 18.0 Å². The number of aryl methyl sites for hydroxylation is 1. The number of hydrogen-bond acceptors (Lipinski definition) is 4. The number of alkyl halides is 3. The average molecular weight is 388 g/mol. The van der Waals surface area contributed by atoms with Crippen LogP contribution in [-0.4, -0.2) is 20.7 Å². The van der Waals surface area contributed by atoms with Gasteiger partial charge >= 0.3 is 6.18 Å². The summed E-state index contributed by atoms with van der Waals surface area (Å²) in [5, 5.41) is 6.84. The van der Waals surface area contributed by atoms with E-state index in [1.54, 1.807) is 25.2 Å². The number of ether oxygens (including phenoxy) is 1. The van der Waals surface area contributed by atoms with Crippen LogP contribution in [0.1, 0.15) is 5.56 Å². The Morgan fingerprint density at radius 2 is 1.93 bits per heavy atom. The Morgan fingerprint density at radius 1 is 1.21 bits per heavy atom. The fourth-order valence-corrected chi connectivity index (χ4v) is 2.37. The quantitative estimate of drug-likeness (QED) is 0.657. The van der Waals surface area contributed by atoms with Crippen LogP contribution in [0.3, 0.4) is 0 Å². The van der Waals surface area contributed by atoms with Crippen LogP contribution in [0.25, 0.3) is 11.4 Å². The van der Waals surface area contributed by atoms with Gasteiger partial charge in [0.2, 0.25) is 5.91 Å². The number of carbonyl (C=O) groups excluding carboxylic acids is 1. The summed E-state index contributed by atoms with van der Waals surface area (Å²) in [6, 6.07) is 9.10. The van der Waals surface area contributed by atoms with Gasteiger partial charge in [-0.2, -0.15) is 18.3 Å². The van der Waals surface area contributed by atoms with Crippen molar-refractivity contribution < 1.29 is 22.7 Å². The molecule has 0 saturated carbocycles. The maximum Gasteiger partial charge on any atom is 0.416 e. The van der Waals surface area contributed by atoms with Gasteiger partial charge in [0.05, 0.1) is 11.1 Å². The Hall–Kier alpha value is -3.62. The Bertz CT molecular complexity index is 1010. The number of anilines is 1. The standard InChI is InChI=1S/C19H15F3N4O2/c1-3-17(27)24-13-6-9-16(15(10-13)18-23-11-26(2)25-18)28-14-7-4-12(5-8-14)19(20,21)22/h3-11H,1H2,2H3,(H,24,27). The minimum Gasteiger partial charge on any atom is -0.457 e. The summed E-state index contributed by atoms with van der Waals surface area (Å²) in [5.41, 5.74) is 0.156. The highest BCUT2D eigenvalue weighted by Gasteiger charge is 2.30. The van der Waals surface area contributed by atoms with Gasteiger partial charge in [-0.1, -0.05) is 6.58 Å². The van der Waals surface area contributed by atoms with E-state index >= 15 is 0 Å². The zero-order chi connectivity index (χ0) is 20.3. The predicted octanol–water partition coefficient (Wildman–Crippen LogP) is 4.42. The first-order valence-corrected chi connectivity index (χ1v) is 8.05. The van der Waals surface area contributed by atoms with Crippen LogP contribution in [0, 0.1) is 0 Å². The Balaban J connectivity index is 1.95. The minimum atomic E-state index is -4.42. The second kappa shape index (κ2) is 7.55. The van der Waals surface area contributed by atoms with Gasteiger partial charge in [0.25, 0.3) is 0 Å². The highest BCUT2D eigenvalue weighted by atomic mass is 19.4. The van der Waals surface area contributed by atoms with Crippen molar-refractivity contribution in [3.05, 3.63) is 67.0 Å². The average Bonchev–Trinajstić information content (AvgIpc) is 3.08. The third kappa shape index (κ3) is 4.37. The zero-order valence-electron chi connectivity index (χ0n) is 14.7. The lowest BCUT2D eigenvalue weighted by Crippen LogP contribution is -2.07. The van der Waals surface area contributed by atoms with Gasteiger partial charge in [-0.3, -0.25) is 9.48 Å². The molecule has 3 aromatic rings. The summed E-state index contributed by atoms with van der Waals surface area (Å²) in [5.74, 6) is 0.478. The summed E-state index contributed by atoms with van der Waals surface area (Å²) in [7, 11) is 1.69. The van der Waals surface area contributed by atoms with E-state index in [1.807, 2.05) is 0 Å². The number of rotatable bonds is 5. The molecule has 0 saturated heterocycles. The molecular weight excluding hydrogens is 373 g/mol. The van der Waals surface area contributed by atoms with Crippen molar-refractivity contribution in [3.63, 3.8) is 0 Å². The highest BCUT2D eigenvalue weighted by Crippen LogP contribution is 2.35. The van der Waals surface area contributed by atoms with Gasteiger partial charge in [0.1, 0.15) is 17.8 Å². The monoisotopic (exact) mass is 388 g/mol. The van der Waals surface area contributed by atoms with Crippen molar-refractivity contribution in [3.8, 4) is 22.9 Å². The summed E-state index contributed by atoms with van der Waals surface area (Å²) < 4.78 is 45.4. The normalized spacial score (nSPS) is 11.1. The van der Waals surface area contributed by atoms with E-state index in [4.69, 9.17) is 4.74 Å². The number of hydrogen-bond donors (Lipinski definition) is 1. The first-order chi connectivity index (χ1) is 13.3. The van der Waals surface area contributed by atoms with E-state index < -0.39 is 17.6 Å². The molecule has 0 aliphatic carbocycles. The molecule has 28 heavy (non-hydrogen) atoms. The molecule has 0 radical (unpaired) electrons. The van der Waals surface area contributed by atoms with E-state index in [-0.39, 0.29) is 5.75 Å². The van der Waals surface area contributed by atoms with Crippen molar-refractivity contribution in [1.29, 1.82) is 0 Å². The molecule has 0 atom stereocenters. The van der Waals surface area contributed by atoms with Crippen LogP contribution in [-0.2, 0) is 18.0 Å². The molecule has 0 aliphatic rings. The van der Waals surface area contributed by atoms with Gasteiger partial charge in [0, 0.05) is 12.7 Å². The summed E-state index contributed by atoms with van der Waals surface area (Å²) >= 11 is 0. The smallest absolute Gasteiger partial charge is 0.416 e. The Morgan fingerprint density at radius 3 is 2.50 bits per heavy atom. The number of amides is 1. The molecule has 1 aromatic heterocycles. The van der Waals surface area contributed by atoms with E-state index in [0.717, 1.165) is 18.2 Å². The maximum absolute atomic E-state index is 12.7. The molecule has 144 valence electrons. The lowest BCUT2D eigenvalue weighted by atomic mass is 10.1. The molecule has 0 fully saturated rings. The lowest BCUT2D eigenvalue weighted by molar-refractivity contribution is -0.137. The van der Waals surface area contributed by atoms with Crippen molar-refractivity contribution in [1.82, 2.24) is 14.8 Å². The molecule has 1 amide bonds. The first-order valence-electron chi connectivity index (χ1n) is 8.05. The summed E-state index contributed by atoms with van der Waals surface area (Å²) in [6.07, 6.45) is -1.80. The SMILES string of the molecule is C=CC(=O)Nc1ccc(Oc2ccc(C(F)(F)F)cc2)c(-c2ncn(C)n2)c1. The van der Waals surface area contributed by atoms with Crippen LogP contribution < -0.4 is 10.1 Å². The predicted molar refractivity (Wildman–Crippen MR) is 96.8 cm³/mol. The topological polar surface area (TPSA) is 69.0 Å². The van der Waals surface area contributed by atoms with Crippen LogP contribution in [0.2, 0.25) is 0 Å². The van der Waals surface area contributed by atoms with E-state index in [2.05, 4.69) is 22.0 Å². The number of nitrogens with one attached hydrogen (secondary N) is 1. The van der Waals surface area contributed by atoms with Crippen molar-refractivity contribution in [2.45, 2.75) is 6.18 Å². The van der Waals surface area contributed by atoms with Gasteiger partial charge in [-0.15, -0.1) is 0 Å².